The van der Waals surface area contributed by atoms with Gasteiger partial charge in [0.1, 0.15) is 6.29 Å². The Kier molecular flexibility index (Phi) is 8.68. The lowest BCUT2D eigenvalue weighted by Crippen LogP contribution is -2.34. The predicted octanol–water partition coefficient (Wildman–Crippen LogP) is 4.55. The first kappa shape index (κ1) is 22.1. The zero-order valence-electron chi connectivity index (χ0n) is 17.1. The molecule has 1 unspecified atom stereocenters. The number of nitrogens with zero attached hydrogens (tertiary/aromatic N) is 2. The fourth-order valence-electron chi connectivity index (χ4n) is 3.97. The van der Waals surface area contributed by atoms with E-state index in [1.54, 1.807) is 0 Å². The highest BCUT2D eigenvalue weighted by Gasteiger charge is 2.22. The molecule has 28 heavy (non-hydrogen) atoms. The zero-order chi connectivity index (χ0) is 20.5. The molecule has 0 spiro atoms. The molecule has 1 aromatic carbocycles. The molecule has 1 atom stereocenters. The summed E-state index contributed by atoms with van der Waals surface area (Å²) in [6.07, 6.45) is 8.56. The van der Waals surface area contributed by atoms with Gasteiger partial charge in [0.05, 0.1) is 18.3 Å². The van der Waals surface area contributed by atoms with Crippen LogP contribution in [0.3, 0.4) is 0 Å². The smallest absolute Gasteiger partial charge is 0.137 e. The third kappa shape index (κ3) is 6.18. The summed E-state index contributed by atoms with van der Waals surface area (Å²) in [5.41, 5.74) is 3.69. The summed E-state index contributed by atoms with van der Waals surface area (Å²) in [5.74, 6) is 0.758. The van der Waals surface area contributed by atoms with E-state index in [1.807, 2.05) is 19.2 Å². The van der Waals surface area contributed by atoms with Crippen LogP contribution in [0.4, 0.5) is 0 Å². The van der Waals surface area contributed by atoms with E-state index in [4.69, 9.17) is 0 Å². The summed E-state index contributed by atoms with van der Waals surface area (Å²) in [6, 6.07) is 6.54. The van der Waals surface area contributed by atoms with E-state index >= 15 is 0 Å². The second kappa shape index (κ2) is 11.0. The van der Waals surface area contributed by atoms with E-state index in [1.165, 1.54) is 11.1 Å². The molecule has 0 aromatic heterocycles. The quantitative estimate of drug-likeness (QED) is 0.346. The Morgan fingerprint density at radius 3 is 2.64 bits per heavy atom. The van der Waals surface area contributed by atoms with E-state index in [0.717, 1.165) is 57.2 Å². The van der Waals surface area contributed by atoms with E-state index < -0.39 is 0 Å². The van der Waals surface area contributed by atoms with Gasteiger partial charge in [0.25, 0.3) is 0 Å². The number of hydrogen-bond donors (Lipinski definition) is 1. The average Bonchev–Trinajstić information content (AvgIpc) is 2.68. The predicted molar refractivity (Wildman–Crippen MR) is 117 cm³/mol. The van der Waals surface area contributed by atoms with E-state index in [-0.39, 0.29) is 11.8 Å². The number of carbonyl (C=O) groups is 1. The molecular weight excluding hydrogens is 348 g/mol. The Balaban J connectivity index is 2.09. The highest BCUT2D eigenvalue weighted by molar-refractivity contribution is 5.58. The minimum atomic E-state index is -0.103. The molecule has 1 aliphatic heterocycles. The Hall–Kier alpha value is -2.17. The number of piperidine rings is 1. The molecule has 1 heterocycles. The van der Waals surface area contributed by atoms with Crippen LogP contribution < -0.4 is 0 Å². The fourth-order valence-corrected chi connectivity index (χ4v) is 3.97. The van der Waals surface area contributed by atoms with Crippen molar-refractivity contribution in [1.29, 1.82) is 0 Å². The molecule has 1 fully saturated rings. The van der Waals surface area contributed by atoms with Gasteiger partial charge in [-0.2, -0.15) is 0 Å². The molecule has 1 saturated heterocycles. The van der Waals surface area contributed by atoms with Gasteiger partial charge in [-0.25, -0.2) is 0 Å². The van der Waals surface area contributed by atoms with E-state index in [0.29, 0.717) is 12.5 Å². The first-order valence-corrected chi connectivity index (χ1v) is 10.1. The zero-order valence-corrected chi connectivity index (χ0v) is 17.1. The fraction of sp³-hybridized carbons (Fsp3) is 0.458. The van der Waals surface area contributed by atoms with Crippen LogP contribution in [0.1, 0.15) is 48.3 Å². The molecule has 0 amide bonds. The lowest BCUT2D eigenvalue weighted by Gasteiger charge is -2.32. The largest absolute Gasteiger partial charge is 0.512 e. The number of benzene rings is 1. The number of likely N-dealkylation sites (tertiary alicyclic amines) is 1. The van der Waals surface area contributed by atoms with Crippen LogP contribution in [-0.4, -0.2) is 53.9 Å². The van der Waals surface area contributed by atoms with Crippen molar-refractivity contribution in [2.45, 2.75) is 44.2 Å². The van der Waals surface area contributed by atoms with Gasteiger partial charge >= 0.3 is 0 Å². The maximum atomic E-state index is 11.5. The van der Waals surface area contributed by atoms with E-state index in [2.05, 4.69) is 47.7 Å². The van der Waals surface area contributed by atoms with E-state index in [9.17, 15) is 9.90 Å². The molecule has 0 radical (unpaired) electrons. The van der Waals surface area contributed by atoms with Crippen LogP contribution in [-0.2, 0) is 11.3 Å². The van der Waals surface area contributed by atoms with Crippen LogP contribution >= 0.6 is 0 Å². The minimum Gasteiger partial charge on any atom is -0.512 e. The third-order valence-corrected chi connectivity index (χ3v) is 5.66. The maximum Gasteiger partial charge on any atom is 0.137 e. The van der Waals surface area contributed by atoms with Crippen molar-refractivity contribution in [3.8, 4) is 0 Å². The van der Waals surface area contributed by atoms with Crippen LogP contribution in [0.15, 0.2) is 49.8 Å². The molecule has 0 bridgehead atoms. The molecule has 152 valence electrons. The van der Waals surface area contributed by atoms with Crippen molar-refractivity contribution in [2.24, 2.45) is 0 Å². The molecule has 4 heteroatoms. The molecule has 1 N–H and O–H groups in total. The number of aliphatic hydroxyl groups is 1. The number of hydrogen-bond acceptors (Lipinski definition) is 4. The molecule has 1 aromatic rings. The van der Waals surface area contributed by atoms with Crippen molar-refractivity contribution >= 4 is 12.4 Å². The maximum absolute atomic E-state index is 11.5. The van der Waals surface area contributed by atoms with Gasteiger partial charge in [-0.15, -0.1) is 6.58 Å². The van der Waals surface area contributed by atoms with Gasteiger partial charge in [0.15, 0.2) is 0 Å². The van der Waals surface area contributed by atoms with Crippen molar-refractivity contribution in [3.63, 3.8) is 0 Å². The van der Waals surface area contributed by atoms with Crippen molar-refractivity contribution in [1.82, 2.24) is 9.80 Å². The molecule has 4 nitrogen and oxygen atoms in total. The standard InChI is InChI=1S/C24H34N2O2/c1-5-7-8-24(18-27)25(4)17-23-15-22(10-9-20(23)6-2)21-11-13-26(14-12-21)16-19(3)28/h5-6,9-10,15,18,21,24,28H,1-3,7-8,11-14,16-17H2,4H3. The number of aliphatic hydroxyl groups excluding tert-OH is 1. The first-order chi connectivity index (χ1) is 13.5. The number of carbonyl (C=O) groups excluding carboxylic acids is 1. The Morgan fingerprint density at radius 1 is 1.36 bits per heavy atom. The van der Waals surface area contributed by atoms with Gasteiger partial charge in [-0.3, -0.25) is 9.80 Å². The highest BCUT2D eigenvalue weighted by atomic mass is 16.3. The van der Waals surface area contributed by atoms with Crippen LogP contribution in [0.2, 0.25) is 0 Å². The van der Waals surface area contributed by atoms with Crippen LogP contribution in [0.25, 0.3) is 6.08 Å². The van der Waals surface area contributed by atoms with Gasteiger partial charge in [0.2, 0.25) is 0 Å². The Labute approximate surface area is 169 Å². The highest BCUT2D eigenvalue weighted by Crippen LogP contribution is 2.30. The molecule has 2 rings (SSSR count). The number of aldehydes is 1. The van der Waals surface area contributed by atoms with Crippen molar-refractivity contribution in [2.75, 3.05) is 26.7 Å². The van der Waals surface area contributed by atoms with Crippen molar-refractivity contribution in [3.05, 3.63) is 66.5 Å². The van der Waals surface area contributed by atoms with Crippen LogP contribution in [0, 0.1) is 0 Å². The minimum absolute atomic E-state index is 0.103. The van der Waals surface area contributed by atoms with Gasteiger partial charge in [-0.1, -0.05) is 43.5 Å². The monoisotopic (exact) mass is 382 g/mol. The summed E-state index contributed by atoms with van der Waals surface area (Å²) in [6.45, 7) is 14.5. The summed E-state index contributed by atoms with van der Waals surface area (Å²) >= 11 is 0. The topological polar surface area (TPSA) is 43.8 Å². The lowest BCUT2D eigenvalue weighted by molar-refractivity contribution is -0.112. The number of likely N-dealkylation sites (N-methyl/N-ethyl adjacent to an activating group) is 1. The van der Waals surface area contributed by atoms with Crippen molar-refractivity contribution < 1.29 is 9.90 Å². The molecular formula is C24H34N2O2. The second-order valence-electron chi connectivity index (χ2n) is 7.76. The lowest BCUT2D eigenvalue weighted by atomic mass is 9.87. The molecule has 0 aliphatic carbocycles. The molecule has 0 saturated carbocycles. The average molecular weight is 383 g/mol. The Bertz CT molecular complexity index is 690. The summed E-state index contributed by atoms with van der Waals surface area (Å²) in [4.78, 5) is 15.9. The van der Waals surface area contributed by atoms with Gasteiger partial charge in [-0.05, 0) is 68.4 Å². The van der Waals surface area contributed by atoms with Gasteiger partial charge in [0, 0.05) is 6.54 Å². The summed E-state index contributed by atoms with van der Waals surface area (Å²) < 4.78 is 0. The normalized spacial score (nSPS) is 16.6. The summed E-state index contributed by atoms with van der Waals surface area (Å²) in [5, 5.41) is 9.40. The summed E-state index contributed by atoms with van der Waals surface area (Å²) in [7, 11) is 2.00. The first-order valence-electron chi connectivity index (χ1n) is 10.1. The Morgan fingerprint density at radius 2 is 2.07 bits per heavy atom. The third-order valence-electron chi connectivity index (χ3n) is 5.66. The number of allylic oxidation sites excluding steroid dienone is 1. The van der Waals surface area contributed by atoms with Crippen LogP contribution in [0.5, 0.6) is 0 Å². The SMILES string of the molecule is C=CCCC(C=O)N(C)Cc1cc(C2CCN(CC(=C)O)CC2)ccc1C=C. The second-order valence-corrected chi connectivity index (χ2v) is 7.76. The van der Waals surface area contributed by atoms with Gasteiger partial charge < -0.3 is 9.90 Å². The molecule has 1 aliphatic rings. The number of rotatable bonds is 11.